The fraction of sp³-hybridized carbons (Fsp3) is 0.611. The van der Waals surface area contributed by atoms with Crippen LogP contribution in [0, 0.1) is 0 Å². The molecule has 0 unspecified atom stereocenters. The van der Waals surface area contributed by atoms with Gasteiger partial charge in [-0.2, -0.15) is 4.31 Å². The van der Waals surface area contributed by atoms with E-state index in [1.54, 1.807) is 34.5 Å². The first kappa shape index (κ1) is 17.4. The van der Waals surface area contributed by atoms with Gasteiger partial charge in [0.15, 0.2) is 0 Å². The predicted molar refractivity (Wildman–Crippen MR) is 94.7 cm³/mol. The minimum absolute atomic E-state index is 0.00328. The lowest BCUT2D eigenvalue weighted by atomic mass is 9.86. The number of benzene rings is 1. The van der Waals surface area contributed by atoms with E-state index < -0.39 is 15.4 Å². The zero-order valence-electron chi connectivity index (χ0n) is 14.9. The van der Waals surface area contributed by atoms with Gasteiger partial charge in [0, 0.05) is 25.3 Å². The lowest BCUT2D eigenvalue weighted by Gasteiger charge is -2.34. The first-order valence-corrected chi connectivity index (χ1v) is 10.1. The number of piperidine rings is 1. The van der Waals surface area contributed by atoms with Crippen LogP contribution >= 0.6 is 0 Å². The standard InChI is InChI=1S/C18H26N2O3S/c1-5-13-8-6-7-11-20(13)24(22,23)14-9-10-16-15(12-14)18(2,3)17(21)19(16)4/h9-10,12-13H,5-8,11H2,1-4H3/t13-/m0/s1. The van der Waals surface area contributed by atoms with Crippen LogP contribution in [-0.4, -0.2) is 38.3 Å². The molecule has 0 radical (unpaired) electrons. The van der Waals surface area contributed by atoms with Gasteiger partial charge < -0.3 is 4.90 Å². The maximum Gasteiger partial charge on any atom is 0.243 e. The summed E-state index contributed by atoms with van der Waals surface area (Å²) >= 11 is 0. The summed E-state index contributed by atoms with van der Waals surface area (Å²) in [6, 6.07) is 5.18. The number of hydrogen-bond donors (Lipinski definition) is 0. The molecule has 2 aliphatic rings. The van der Waals surface area contributed by atoms with Crippen LogP contribution in [0.5, 0.6) is 0 Å². The molecule has 1 atom stereocenters. The van der Waals surface area contributed by atoms with E-state index in [9.17, 15) is 13.2 Å². The first-order valence-electron chi connectivity index (χ1n) is 8.65. The van der Waals surface area contributed by atoms with Crippen LogP contribution in [0.25, 0.3) is 0 Å². The number of nitrogens with zero attached hydrogens (tertiary/aromatic N) is 2. The Hall–Kier alpha value is -1.40. The van der Waals surface area contributed by atoms with Crippen molar-refractivity contribution in [2.24, 2.45) is 0 Å². The molecule has 2 heterocycles. The van der Waals surface area contributed by atoms with Crippen molar-refractivity contribution in [3.63, 3.8) is 0 Å². The van der Waals surface area contributed by atoms with Gasteiger partial charge in [-0.1, -0.05) is 13.3 Å². The van der Waals surface area contributed by atoms with Crippen LogP contribution in [0.3, 0.4) is 0 Å². The van der Waals surface area contributed by atoms with Crippen molar-refractivity contribution in [3.8, 4) is 0 Å². The van der Waals surface area contributed by atoms with Crippen LogP contribution in [-0.2, 0) is 20.2 Å². The Morgan fingerprint density at radius 2 is 1.96 bits per heavy atom. The number of carbonyl (C=O) groups is 1. The lowest BCUT2D eigenvalue weighted by Crippen LogP contribution is -2.43. The second kappa shape index (κ2) is 5.85. The van der Waals surface area contributed by atoms with E-state index in [1.165, 1.54) is 0 Å². The van der Waals surface area contributed by atoms with Crippen LogP contribution in [0.2, 0.25) is 0 Å². The Morgan fingerprint density at radius 1 is 1.25 bits per heavy atom. The highest BCUT2D eigenvalue weighted by molar-refractivity contribution is 7.89. The van der Waals surface area contributed by atoms with Crippen molar-refractivity contribution in [1.29, 1.82) is 0 Å². The molecule has 0 saturated carbocycles. The van der Waals surface area contributed by atoms with E-state index in [4.69, 9.17) is 0 Å². The number of carbonyl (C=O) groups excluding carboxylic acids is 1. The van der Waals surface area contributed by atoms with Crippen LogP contribution in [0.15, 0.2) is 23.1 Å². The van der Waals surface area contributed by atoms with Gasteiger partial charge in [-0.25, -0.2) is 8.42 Å². The third kappa shape index (κ3) is 2.47. The maximum atomic E-state index is 13.2. The molecule has 3 rings (SSSR count). The minimum atomic E-state index is -3.53. The molecule has 1 saturated heterocycles. The van der Waals surface area contributed by atoms with E-state index in [-0.39, 0.29) is 11.9 Å². The average molecular weight is 350 g/mol. The molecule has 24 heavy (non-hydrogen) atoms. The zero-order valence-corrected chi connectivity index (χ0v) is 15.7. The summed E-state index contributed by atoms with van der Waals surface area (Å²) in [5, 5.41) is 0. The average Bonchev–Trinajstić information content (AvgIpc) is 2.75. The van der Waals surface area contributed by atoms with Gasteiger partial charge in [0.2, 0.25) is 15.9 Å². The molecular formula is C18H26N2O3S. The highest BCUT2D eigenvalue weighted by Crippen LogP contribution is 2.42. The van der Waals surface area contributed by atoms with E-state index in [2.05, 4.69) is 0 Å². The predicted octanol–water partition coefficient (Wildman–Crippen LogP) is 2.89. The molecular weight excluding hydrogens is 324 g/mol. The summed E-state index contributed by atoms with van der Waals surface area (Å²) in [4.78, 5) is 14.3. The summed E-state index contributed by atoms with van der Waals surface area (Å²) < 4.78 is 28.0. The Kier molecular flexibility index (Phi) is 4.24. The second-order valence-electron chi connectivity index (χ2n) is 7.34. The number of hydrogen-bond acceptors (Lipinski definition) is 3. The molecule has 0 aromatic heterocycles. The molecule has 0 N–H and O–H groups in total. The van der Waals surface area contributed by atoms with Gasteiger partial charge in [0.1, 0.15) is 0 Å². The SMILES string of the molecule is CC[C@H]1CCCCN1S(=O)(=O)c1ccc2c(c1)C(C)(C)C(=O)N2C. The number of sulfonamides is 1. The van der Waals surface area contributed by atoms with Crippen molar-refractivity contribution in [1.82, 2.24) is 4.31 Å². The Bertz CT molecular complexity index is 770. The second-order valence-corrected chi connectivity index (χ2v) is 9.23. The molecule has 1 fully saturated rings. The monoisotopic (exact) mass is 350 g/mol. The third-order valence-electron chi connectivity index (χ3n) is 5.49. The van der Waals surface area contributed by atoms with Crippen molar-refractivity contribution < 1.29 is 13.2 Å². The number of fused-ring (bicyclic) bond motifs is 1. The molecule has 5 nitrogen and oxygen atoms in total. The molecule has 0 spiro atoms. The van der Waals surface area contributed by atoms with Crippen molar-refractivity contribution >= 4 is 21.6 Å². The van der Waals surface area contributed by atoms with Gasteiger partial charge in [0.25, 0.3) is 0 Å². The number of rotatable bonds is 3. The third-order valence-corrected chi connectivity index (χ3v) is 7.44. The molecule has 132 valence electrons. The number of anilines is 1. The maximum absolute atomic E-state index is 13.2. The van der Waals surface area contributed by atoms with Gasteiger partial charge in [-0.3, -0.25) is 4.79 Å². The Labute approximate surface area is 144 Å². The lowest BCUT2D eigenvalue weighted by molar-refractivity contribution is -0.121. The van der Waals surface area contributed by atoms with E-state index in [0.717, 1.165) is 36.9 Å². The van der Waals surface area contributed by atoms with Gasteiger partial charge >= 0.3 is 0 Å². The van der Waals surface area contributed by atoms with Crippen LogP contribution < -0.4 is 4.90 Å². The van der Waals surface area contributed by atoms with Gasteiger partial charge in [-0.05, 0) is 56.9 Å². The zero-order chi connectivity index (χ0) is 17.7. The van der Waals surface area contributed by atoms with Gasteiger partial charge in [-0.15, -0.1) is 0 Å². The fourth-order valence-electron chi connectivity index (χ4n) is 3.95. The Morgan fingerprint density at radius 3 is 2.62 bits per heavy atom. The number of amides is 1. The summed E-state index contributed by atoms with van der Waals surface area (Å²) in [6.45, 7) is 6.33. The van der Waals surface area contributed by atoms with Gasteiger partial charge in [0.05, 0.1) is 10.3 Å². The Balaban J connectivity index is 2.05. The van der Waals surface area contributed by atoms with Crippen LogP contribution in [0.1, 0.15) is 52.0 Å². The highest BCUT2D eigenvalue weighted by atomic mass is 32.2. The van der Waals surface area contributed by atoms with Crippen molar-refractivity contribution in [3.05, 3.63) is 23.8 Å². The molecule has 2 aliphatic heterocycles. The molecule has 6 heteroatoms. The summed E-state index contributed by atoms with van der Waals surface area (Å²) in [5.41, 5.74) is 0.901. The highest BCUT2D eigenvalue weighted by Gasteiger charge is 2.43. The van der Waals surface area contributed by atoms with E-state index in [0.29, 0.717) is 11.4 Å². The summed E-state index contributed by atoms with van der Waals surface area (Å²) in [7, 11) is -1.79. The molecule has 0 aliphatic carbocycles. The minimum Gasteiger partial charge on any atom is -0.314 e. The van der Waals surface area contributed by atoms with Crippen LogP contribution in [0.4, 0.5) is 5.69 Å². The largest absolute Gasteiger partial charge is 0.314 e. The molecule has 0 bridgehead atoms. The van der Waals surface area contributed by atoms with Crippen molar-refractivity contribution in [2.75, 3.05) is 18.5 Å². The molecule has 1 aromatic rings. The normalized spacial score (nSPS) is 24.2. The summed E-state index contributed by atoms with van der Waals surface area (Å²) in [5.74, 6) is -0.00328. The fourth-order valence-corrected chi connectivity index (χ4v) is 5.74. The smallest absolute Gasteiger partial charge is 0.243 e. The first-order chi connectivity index (χ1) is 11.2. The van der Waals surface area contributed by atoms with E-state index in [1.807, 2.05) is 20.8 Å². The van der Waals surface area contributed by atoms with Crippen molar-refractivity contribution in [2.45, 2.75) is 62.8 Å². The molecule has 1 aromatic carbocycles. The summed E-state index contributed by atoms with van der Waals surface area (Å²) in [6.07, 6.45) is 3.75. The number of likely N-dealkylation sites (N-methyl/N-ethyl adjacent to an activating group) is 1. The topological polar surface area (TPSA) is 57.7 Å². The van der Waals surface area contributed by atoms with E-state index >= 15 is 0 Å². The molecule has 1 amide bonds. The quantitative estimate of drug-likeness (QED) is 0.842.